The Bertz CT molecular complexity index is 1020. The van der Waals surface area contributed by atoms with Crippen LogP contribution in [-0.4, -0.2) is 10.9 Å². The van der Waals surface area contributed by atoms with E-state index in [2.05, 4.69) is 35.8 Å². The molecule has 0 saturated carbocycles. The van der Waals surface area contributed by atoms with Gasteiger partial charge >= 0.3 is 0 Å². The molecule has 3 aromatic rings. The van der Waals surface area contributed by atoms with Gasteiger partial charge in [0.05, 0.1) is 5.69 Å². The Hall–Kier alpha value is -2.94. The highest BCUT2D eigenvalue weighted by Gasteiger charge is 2.28. The van der Waals surface area contributed by atoms with Gasteiger partial charge in [0.15, 0.2) is 0 Å². The number of nitrogens with zero attached hydrogens (tertiary/aromatic N) is 1. The number of carbonyl (C=O) groups excluding carboxylic acids is 1. The number of fused-ring (bicyclic) bond motifs is 1. The molecule has 0 saturated heterocycles. The van der Waals surface area contributed by atoms with Crippen molar-refractivity contribution in [2.75, 3.05) is 0 Å². The number of benzene rings is 2. The molecule has 2 nitrogen and oxygen atoms in total. The first kappa shape index (κ1) is 19.4. The summed E-state index contributed by atoms with van der Waals surface area (Å²) in [6.45, 7) is 3.19. The zero-order chi connectivity index (χ0) is 20.2. The monoisotopic (exact) mass is 387 g/mol. The second kappa shape index (κ2) is 8.60. The third-order valence-corrected chi connectivity index (χ3v) is 5.93. The molecule has 0 fully saturated rings. The maximum absolute atomic E-state index is 13.7. The Balaban J connectivity index is 2.09. The predicted molar refractivity (Wildman–Crippen MR) is 117 cm³/mol. The standard InChI is InChI=1S/C26H26FNO/c1-2-19-9-6-7-17-28-25(19)23(12-8-18-29)24(20-13-15-22(27)16-14-20)26(28)21-10-4-3-5-11-21/h3-5,8,10-16,18-19H,2,6-7,9,17H2,1H3/b12-8+. The number of hydrogen-bond donors (Lipinski definition) is 0. The van der Waals surface area contributed by atoms with Crippen molar-refractivity contribution in [2.24, 2.45) is 0 Å². The Morgan fingerprint density at radius 2 is 1.79 bits per heavy atom. The second-order valence-electron chi connectivity index (χ2n) is 7.64. The molecule has 0 amide bonds. The zero-order valence-electron chi connectivity index (χ0n) is 16.8. The molecule has 29 heavy (non-hydrogen) atoms. The molecule has 0 spiro atoms. The van der Waals surface area contributed by atoms with Crippen molar-refractivity contribution in [1.82, 2.24) is 4.57 Å². The molecule has 4 rings (SSSR count). The zero-order valence-corrected chi connectivity index (χ0v) is 16.8. The van der Waals surface area contributed by atoms with Gasteiger partial charge in [0.25, 0.3) is 0 Å². The molecule has 3 heteroatoms. The minimum Gasteiger partial charge on any atom is -0.343 e. The maximum Gasteiger partial charge on any atom is 0.142 e. The van der Waals surface area contributed by atoms with Crippen molar-refractivity contribution in [3.8, 4) is 22.4 Å². The van der Waals surface area contributed by atoms with Crippen LogP contribution in [0.3, 0.4) is 0 Å². The van der Waals surface area contributed by atoms with Gasteiger partial charge in [-0.2, -0.15) is 0 Å². The molecular formula is C26H26FNO. The van der Waals surface area contributed by atoms with Gasteiger partial charge in [0.1, 0.15) is 12.1 Å². The largest absolute Gasteiger partial charge is 0.343 e. The summed E-state index contributed by atoms with van der Waals surface area (Å²) in [6.07, 6.45) is 8.91. The number of hydrogen-bond acceptors (Lipinski definition) is 1. The van der Waals surface area contributed by atoms with Crippen LogP contribution in [0.15, 0.2) is 60.7 Å². The quantitative estimate of drug-likeness (QED) is 0.346. The van der Waals surface area contributed by atoms with Crippen molar-refractivity contribution in [1.29, 1.82) is 0 Å². The average Bonchev–Trinajstić information content (AvgIpc) is 2.92. The molecule has 1 unspecified atom stereocenters. The van der Waals surface area contributed by atoms with E-state index in [4.69, 9.17) is 0 Å². The van der Waals surface area contributed by atoms with E-state index >= 15 is 0 Å². The fourth-order valence-corrected chi connectivity index (χ4v) is 4.63. The van der Waals surface area contributed by atoms with Crippen LogP contribution in [-0.2, 0) is 11.3 Å². The summed E-state index contributed by atoms with van der Waals surface area (Å²) >= 11 is 0. The molecule has 0 aliphatic carbocycles. The van der Waals surface area contributed by atoms with Crippen LogP contribution >= 0.6 is 0 Å². The highest BCUT2D eigenvalue weighted by atomic mass is 19.1. The number of aromatic nitrogens is 1. The van der Waals surface area contributed by atoms with Gasteiger partial charge in [-0.3, -0.25) is 4.79 Å². The Kier molecular flexibility index (Phi) is 5.75. The fourth-order valence-electron chi connectivity index (χ4n) is 4.63. The van der Waals surface area contributed by atoms with E-state index in [1.54, 1.807) is 6.08 Å². The highest BCUT2D eigenvalue weighted by molar-refractivity contribution is 5.92. The number of halogens is 1. The Labute approximate surface area is 171 Å². The van der Waals surface area contributed by atoms with Crippen LogP contribution in [0.2, 0.25) is 0 Å². The molecule has 0 bridgehead atoms. The first-order valence-electron chi connectivity index (χ1n) is 10.4. The normalized spacial score (nSPS) is 16.6. The average molecular weight is 387 g/mol. The van der Waals surface area contributed by atoms with Gasteiger partial charge < -0.3 is 4.57 Å². The molecule has 148 valence electrons. The number of carbonyl (C=O) groups is 1. The van der Waals surface area contributed by atoms with Gasteiger partial charge in [0.2, 0.25) is 0 Å². The van der Waals surface area contributed by atoms with Crippen LogP contribution in [0.5, 0.6) is 0 Å². The van der Waals surface area contributed by atoms with Crippen molar-refractivity contribution >= 4 is 12.4 Å². The van der Waals surface area contributed by atoms with E-state index in [-0.39, 0.29) is 5.82 Å². The third-order valence-electron chi connectivity index (χ3n) is 5.93. The van der Waals surface area contributed by atoms with E-state index in [9.17, 15) is 9.18 Å². The molecule has 2 aromatic carbocycles. The lowest BCUT2D eigenvalue weighted by atomic mass is 9.90. The van der Waals surface area contributed by atoms with Crippen LogP contribution in [0, 0.1) is 5.82 Å². The van der Waals surface area contributed by atoms with Crippen LogP contribution < -0.4 is 0 Å². The first-order valence-corrected chi connectivity index (χ1v) is 10.4. The van der Waals surface area contributed by atoms with Crippen molar-refractivity contribution < 1.29 is 9.18 Å². The summed E-state index contributed by atoms with van der Waals surface area (Å²) in [7, 11) is 0. The molecule has 0 radical (unpaired) electrons. The SMILES string of the molecule is CCC1CCCCn2c(-c3ccccc3)c(-c3ccc(F)cc3)c(/C=C/C=O)c21. The lowest BCUT2D eigenvalue weighted by molar-refractivity contribution is -0.104. The number of rotatable bonds is 5. The van der Waals surface area contributed by atoms with Crippen molar-refractivity contribution in [3.05, 3.63) is 77.7 Å². The lowest BCUT2D eigenvalue weighted by Gasteiger charge is -2.17. The van der Waals surface area contributed by atoms with Gasteiger partial charge in [-0.25, -0.2) is 4.39 Å². The minimum atomic E-state index is -0.243. The molecule has 1 aliphatic rings. The fraction of sp³-hybridized carbons (Fsp3) is 0.269. The predicted octanol–water partition coefficient (Wildman–Crippen LogP) is 6.85. The van der Waals surface area contributed by atoms with Crippen LogP contribution in [0.4, 0.5) is 4.39 Å². The van der Waals surface area contributed by atoms with E-state index in [1.165, 1.54) is 24.2 Å². The van der Waals surface area contributed by atoms with Gasteiger partial charge in [-0.05, 0) is 60.6 Å². The Morgan fingerprint density at radius 3 is 2.48 bits per heavy atom. The summed E-state index contributed by atoms with van der Waals surface area (Å²) in [5, 5.41) is 0. The molecular weight excluding hydrogens is 361 g/mol. The molecule has 1 aliphatic heterocycles. The highest BCUT2D eigenvalue weighted by Crippen LogP contribution is 2.45. The maximum atomic E-state index is 13.7. The summed E-state index contributed by atoms with van der Waals surface area (Å²) in [5.41, 5.74) is 6.78. The molecule has 0 N–H and O–H groups in total. The summed E-state index contributed by atoms with van der Waals surface area (Å²) in [6, 6.07) is 17.1. The summed E-state index contributed by atoms with van der Waals surface area (Å²) < 4.78 is 16.1. The second-order valence-corrected chi connectivity index (χ2v) is 7.64. The summed E-state index contributed by atoms with van der Waals surface area (Å²) in [4.78, 5) is 11.2. The van der Waals surface area contributed by atoms with Gasteiger partial charge in [-0.15, -0.1) is 0 Å². The number of allylic oxidation sites excluding steroid dienone is 1. The summed E-state index contributed by atoms with van der Waals surface area (Å²) in [5.74, 6) is 0.202. The topological polar surface area (TPSA) is 22.0 Å². The third kappa shape index (κ3) is 3.69. The van der Waals surface area contributed by atoms with E-state index in [0.717, 1.165) is 60.0 Å². The smallest absolute Gasteiger partial charge is 0.142 e. The van der Waals surface area contributed by atoms with Gasteiger partial charge in [0, 0.05) is 23.4 Å². The van der Waals surface area contributed by atoms with Crippen LogP contribution in [0.25, 0.3) is 28.5 Å². The lowest BCUT2D eigenvalue weighted by Crippen LogP contribution is -2.06. The van der Waals surface area contributed by atoms with E-state index in [1.807, 2.05) is 24.3 Å². The molecule has 2 heterocycles. The number of aldehydes is 1. The molecule has 1 atom stereocenters. The van der Waals surface area contributed by atoms with Crippen LogP contribution in [0.1, 0.15) is 49.8 Å². The van der Waals surface area contributed by atoms with E-state index < -0.39 is 0 Å². The first-order chi connectivity index (χ1) is 14.2. The van der Waals surface area contributed by atoms with Gasteiger partial charge in [-0.1, -0.05) is 55.8 Å². The van der Waals surface area contributed by atoms with Crippen molar-refractivity contribution in [3.63, 3.8) is 0 Å². The molecule has 1 aromatic heterocycles. The van der Waals surface area contributed by atoms with E-state index in [0.29, 0.717) is 5.92 Å². The van der Waals surface area contributed by atoms with Crippen molar-refractivity contribution in [2.45, 2.75) is 45.1 Å². The minimum absolute atomic E-state index is 0.243. The Morgan fingerprint density at radius 1 is 1.03 bits per heavy atom.